The summed E-state index contributed by atoms with van der Waals surface area (Å²) >= 11 is 0. The molecule has 0 radical (unpaired) electrons. The van der Waals surface area contributed by atoms with Crippen LogP contribution in [0.3, 0.4) is 0 Å². The largest absolute Gasteiger partial charge is 0.493 e. The van der Waals surface area contributed by atoms with Gasteiger partial charge in [0.25, 0.3) is 0 Å². The Hall–Kier alpha value is -1.44. The first-order valence-electron chi connectivity index (χ1n) is 6.15. The predicted octanol–water partition coefficient (Wildman–Crippen LogP) is 4.15. The molecule has 94 valence electrons. The number of ether oxygens (including phenoxy) is 2. The van der Waals surface area contributed by atoms with Gasteiger partial charge in [0.2, 0.25) is 0 Å². The van der Waals surface area contributed by atoms with Crippen LogP contribution in [-0.4, -0.2) is 14.2 Å². The summed E-state index contributed by atoms with van der Waals surface area (Å²) in [5, 5.41) is 0. The van der Waals surface area contributed by atoms with Gasteiger partial charge >= 0.3 is 0 Å². The molecule has 2 nitrogen and oxygen atoms in total. The van der Waals surface area contributed by atoms with E-state index in [-0.39, 0.29) is 0 Å². The van der Waals surface area contributed by atoms with Gasteiger partial charge in [0.1, 0.15) is 0 Å². The Bertz CT molecular complexity index is 365. The van der Waals surface area contributed by atoms with E-state index in [0.29, 0.717) is 5.92 Å². The molecule has 0 spiro atoms. The van der Waals surface area contributed by atoms with Crippen LogP contribution in [0, 0.1) is 5.92 Å². The van der Waals surface area contributed by atoms with E-state index >= 15 is 0 Å². The second-order valence-electron chi connectivity index (χ2n) is 4.05. The van der Waals surface area contributed by atoms with Crippen LogP contribution in [0.2, 0.25) is 0 Å². The first-order valence-corrected chi connectivity index (χ1v) is 6.15. The van der Waals surface area contributed by atoms with Crippen molar-refractivity contribution in [1.82, 2.24) is 0 Å². The normalized spacial score (nSPS) is 11.1. The van der Waals surface area contributed by atoms with Crippen LogP contribution in [0.25, 0.3) is 6.08 Å². The highest BCUT2D eigenvalue weighted by atomic mass is 16.5. The topological polar surface area (TPSA) is 18.5 Å². The van der Waals surface area contributed by atoms with Gasteiger partial charge in [0.05, 0.1) is 14.2 Å². The van der Waals surface area contributed by atoms with E-state index in [9.17, 15) is 0 Å². The van der Waals surface area contributed by atoms with Crippen molar-refractivity contribution in [2.24, 2.45) is 5.92 Å². The summed E-state index contributed by atoms with van der Waals surface area (Å²) in [7, 11) is 3.31. The first kappa shape index (κ1) is 13.6. The molecule has 0 aliphatic carbocycles. The SMILES string of the molecule is CCC(/C=C/c1ccc(OC)c(OC)c1)CC. The minimum absolute atomic E-state index is 0.656. The fourth-order valence-electron chi connectivity index (χ4n) is 1.76. The fourth-order valence-corrected chi connectivity index (χ4v) is 1.76. The third-order valence-corrected chi connectivity index (χ3v) is 3.02. The lowest BCUT2D eigenvalue weighted by Crippen LogP contribution is -1.92. The number of benzene rings is 1. The highest BCUT2D eigenvalue weighted by Crippen LogP contribution is 2.28. The maximum atomic E-state index is 5.28. The number of hydrogen-bond donors (Lipinski definition) is 0. The molecule has 0 aliphatic rings. The number of hydrogen-bond acceptors (Lipinski definition) is 2. The molecule has 0 fully saturated rings. The zero-order valence-electron chi connectivity index (χ0n) is 11.2. The van der Waals surface area contributed by atoms with Crippen molar-refractivity contribution in [2.45, 2.75) is 26.7 Å². The maximum Gasteiger partial charge on any atom is 0.161 e. The van der Waals surface area contributed by atoms with Crippen LogP contribution in [0.1, 0.15) is 32.3 Å². The third kappa shape index (κ3) is 3.81. The highest BCUT2D eigenvalue weighted by molar-refractivity contribution is 5.56. The predicted molar refractivity (Wildman–Crippen MR) is 72.7 cm³/mol. The monoisotopic (exact) mass is 234 g/mol. The standard InChI is InChI=1S/C15H22O2/c1-5-12(6-2)7-8-13-9-10-14(16-3)15(11-13)17-4/h7-12H,5-6H2,1-4H3/b8-7+. The summed E-state index contributed by atoms with van der Waals surface area (Å²) in [5.74, 6) is 2.20. The molecular weight excluding hydrogens is 212 g/mol. The summed E-state index contributed by atoms with van der Waals surface area (Å²) in [6, 6.07) is 5.98. The lowest BCUT2D eigenvalue weighted by atomic mass is 10.0. The Balaban J connectivity index is 2.85. The van der Waals surface area contributed by atoms with Crippen molar-refractivity contribution >= 4 is 6.08 Å². The highest BCUT2D eigenvalue weighted by Gasteiger charge is 2.03. The molecular formula is C15H22O2. The molecule has 0 aliphatic heterocycles. The van der Waals surface area contributed by atoms with Gasteiger partial charge in [-0.05, 0) is 36.5 Å². The van der Waals surface area contributed by atoms with Crippen molar-refractivity contribution in [3.8, 4) is 11.5 Å². The molecule has 1 aromatic carbocycles. The van der Waals surface area contributed by atoms with Gasteiger partial charge in [-0.3, -0.25) is 0 Å². The summed E-state index contributed by atoms with van der Waals surface area (Å²) in [4.78, 5) is 0. The van der Waals surface area contributed by atoms with E-state index in [1.807, 2.05) is 18.2 Å². The van der Waals surface area contributed by atoms with Crippen molar-refractivity contribution in [3.05, 3.63) is 29.8 Å². The van der Waals surface area contributed by atoms with Gasteiger partial charge in [-0.1, -0.05) is 32.1 Å². The first-order chi connectivity index (χ1) is 8.24. The molecule has 0 atom stereocenters. The van der Waals surface area contributed by atoms with Gasteiger partial charge < -0.3 is 9.47 Å². The lowest BCUT2D eigenvalue weighted by Gasteiger charge is -2.08. The smallest absolute Gasteiger partial charge is 0.161 e. The molecule has 0 saturated heterocycles. The van der Waals surface area contributed by atoms with Crippen LogP contribution in [-0.2, 0) is 0 Å². The maximum absolute atomic E-state index is 5.28. The van der Waals surface area contributed by atoms with Crippen molar-refractivity contribution in [3.63, 3.8) is 0 Å². The molecule has 2 heteroatoms. The van der Waals surface area contributed by atoms with E-state index in [2.05, 4.69) is 26.0 Å². The van der Waals surface area contributed by atoms with Gasteiger partial charge in [-0.25, -0.2) is 0 Å². The molecule has 0 heterocycles. The molecule has 0 saturated carbocycles. The third-order valence-electron chi connectivity index (χ3n) is 3.02. The molecule has 17 heavy (non-hydrogen) atoms. The Kier molecular flexibility index (Phi) is 5.61. The average Bonchev–Trinajstić information content (AvgIpc) is 2.39. The van der Waals surface area contributed by atoms with Gasteiger partial charge in [0, 0.05) is 0 Å². The van der Waals surface area contributed by atoms with Crippen molar-refractivity contribution in [1.29, 1.82) is 0 Å². The molecule has 1 aromatic rings. The molecule has 0 amide bonds. The van der Waals surface area contributed by atoms with Crippen molar-refractivity contribution < 1.29 is 9.47 Å². The van der Waals surface area contributed by atoms with Crippen LogP contribution >= 0.6 is 0 Å². The second kappa shape index (κ2) is 7.00. The molecule has 0 bridgehead atoms. The summed E-state index contributed by atoms with van der Waals surface area (Å²) in [5.41, 5.74) is 1.15. The van der Waals surface area contributed by atoms with E-state index in [1.165, 1.54) is 12.8 Å². The summed E-state index contributed by atoms with van der Waals surface area (Å²) in [6.45, 7) is 4.43. The molecule has 1 rings (SSSR count). The zero-order valence-corrected chi connectivity index (χ0v) is 11.2. The Morgan fingerprint density at radius 2 is 1.71 bits per heavy atom. The van der Waals surface area contributed by atoms with E-state index in [4.69, 9.17) is 9.47 Å². The summed E-state index contributed by atoms with van der Waals surface area (Å²) in [6.07, 6.45) is 6.78. The average molecular weight is 234 g/mol. The van der Waals surface area contributed by atoms with Crippen LogP contribution in [0.15, 0.2) is 24.3 Å². The van der Waals surface area contributed by atoms with Crippen LogP contribution in [0.5, 0.6) is 11.5 Å². The molecule has 0 N–H and O–H groups in total. The van der Waals surface area contributed by atoms with Gasteiger partial charge in [0.15, 0.2) is 11.5 Å². The van der Waals surface area contributed by atoms with E-state index in [0.717, 1.165) is 17.1 Å². The van der Waals surface area contributed by atoms with Gasteiger partial charge in [-0.2, -0.15) is 0 Å². The Morgan fingerprint density at radius 1 is 1.06 bits per heavy atom. The lowest BCUT2D eigenvalue weighted by molar-refractivity contribution is 0.355. The second-order valence-corrected chi connectivity index (χ2v) is 4.05. The zero-order chi connectivity index (χ0) is 12.7. The molecule has 0 aromatic heterocycles. The van der Waals surface area contributed by atoms with E-state index in [1.54, 1.807) is 14.2 Å². The Morgan fingerprint density at radius 3 is 2.24 bits per heavy atom. The van der Waals surface area contributed by atoms with Crippen molar-refractivity contribution in [2.75, 3.05) is 14.2 Å². The number of methoxy groups -OCH3 is 2. The minimum atomic E-state index is 0.656. The fraction of sp³-hybridized carbons (Fsp3) is 0.467. The number of rotatable bonds is 6. The van der Waals surface area contributed by atoms with Crippen LogP contribution < -0.4 is 9.47 Å². The molecule has 0 unspecified atom stereocenters. The van der Waals surface area contributed by atoms with Gasteiger partial charge in [-0.15, -0.1) is 0 Å². The minimum Gasteiger partial charge on any atom is -0.493 e. The Labute approximate surface area is 104 Å². The van der Waals surface area contributed by atoms with E-state index < -0.39 is 0 Å². The van der Waals surface area contributed by atoms with Crippen LogP contribution in [0.4, 0.5) is 0 Å². The quantitative estimate of drug-likeness (QED) is 0.736. The summed E-state index contributed by atoms with van der Waals surface area (Å²) < 4.78 is 10.5. The number of allylic oxidation sites excluding steroid dienone is 1.